The summed E-state index contributed by atoms with van der Waals surface area (Å²) >= 11 is 0. The highest BCUT2D eigenvalue weighted by atomic mass is 33.1. The number of carboxylic acids is 1. The van der Waals surface area contributed by atoms with Crippen LogP contribution in [0.2, 0.25) is 0 Å². The van der Waals surface area contributed by atoms with Gasteiger partial charge in [-0.05, 0) is 12.8 Å². The zero-order chi connectivity index (χ0) is 13.5. The fraction of sp³-hybridized carbons (Fsp3) is 0.818. The Morgan fingerprint density at radius 3 is 2.67 bits per heavy atom. The van der Waals surface area contributed by atoms with Gasteiger partial charge in [0.2, 0.25) is 5.91 Å². The number of aliphatic carboxylic acids is 1. The molecule has 7 heteroatoms. The number of rotatable bonds is 6. The van der Waals surface area contributed by atoms with Crippen molar-refractivity contribution in [3.8, 4) is 0 Å². The molecule has 5 nitrogen and oxygen atoms in total. The van der Waals surface area contributed by atoms with Crippen molar-refractivity contribution in [1.82, 2.24) is 4.90 Å². The molecule has 0 aliphatic carbocycles. The first-order valence-electron chi connectivity index (χ1n) is 6.01. The van der Waals surface area contributed by atoms with Gasteiger partial charge in [-0.2, -0.15) is 0 Å². The Balaban J connectivity index is 2.48. The molecule has 1 aliphatic rings. The monoisotopic (exact) mass is 293 g/mol. The zero-order valence-corrected chi connectivity index (χ0v) is 12.0. The molecule has 0 spiro atoms. The van der Waals surface area contributed by atoms with Gasteiger partial charge < -0.3 is 15.1 Å². The average Bonchev–Trinajstić information content (AvgIpc) is 2.34. The van der Waals surface area contributed by atoms with Gasteiger partial charge in [0.05, 0.1) is 6.10 Å². The van der Waals surface area contributed by atoms with Gasteiger partial charge in [0, 0.05) is 24.5 Å². The molecule has 0 aromatic heterocycles. The number of hydrogen-bond donors (Lipinski definition) is 2. The van der Waals surface area contributed by atoms with Gasteiger partial charge in [-0.15, -0.1) is 0 Å². The van der Waals surface area contributed by atoms with Crippen LogP contribution in [-0.4, -0.2) is 57.2 Å². The number of carbonyl (C=O) groups excluding carboxylic acids is 1. The van der Waals surface area contributed by atoms with Crippen LogP contribution in [0.15, 0.2) is 0 Å². The number of carboxylic acid groups (broad SMARTS) is 1. The van der Waals surface area contributed by atoms with Crippen LogP contribution in [0.1, 0.15) is 26.2 Å². The van der Waals surface area contributed by atoms with Gasteiger partial charge in [-0.3, -0.25) is 4.79 Å². The fourth-order valence-electron chi connectivity index (χ4n) is 1.90. The molecule has 0 saturated carbocycles. The lowest BCUT2D eigenvalue weighted by atomic mass is 10.00. The maximum absolute atomic E-state index is 12.0. The number of hydrogen-bond acceptors (Lipinski definition) is 5. The molecular formula is C11H19NO4S2. The number of aliphatic hydroxyl groups excluding tert-OH is 1. The second-order valence-corrected chi connectivity index (χ2v) is 6.98. The first kappa shape index (κ1) is 15.7. The van der Waals surface area contributed by atoms with E-state index in [1.54, 1.807) is 21.6 Å². The topological polar surface area (TPSA) is 77.8 Å². The van der Waals surface area contributed by atoms with Crippen LogP contribution in [0.3, 0.4) is 0 Å². The molecule has 104 valence electrons. The van der Waals surface area contributed by atoms with E-state index in [4.69, 9.17) is 5.11 Å². The van der Waals surface area contributed by atoms with Crippen molar-refractivity contribution in [1.29, 1.82) is 0 Å². The number of piperidine rings is 1. The molecule has 0 bridgehead atoms. The molecule has 2 atom stereocenters. The number of aliphatic hydroxyl groups is 1. The van der Waals surface area contributed by atoms with Crippen LogP contribution in [0.25, 0.3) is 0 Å². The van der Waals surface area contributed by atoms with Crippen molar-refractivity contribution < 1.29 is 19.8 Å². The molecule has 1 rings (SSSR count). The highest BCUT2D eigenvalue weighted by molar-refractivity contribution is 8.76. The molecule has 0 radical (unpaired) electrons. The summed E-state index contributed by atoms with van der Waals surface area (Å²) in [5.41, 5.74) is 0. The average molecular weight is 293 g/mol. The minimum Gasteiger partial charge on any atom is -0.480 e. The summed E-state index contributed by atoms with van der Waals surface area (Å²) in [5.74, 6) is 0.506. The molecule has 1 aliphatic heterocycles. The lowest BCUT2D eigenvalue weighted by molar-refractivity contribution is -0.154. The fourth-order valence-corrected chi connectivity index (χ4v) is 3.54. The Morgan fingerprint density at radius 2 is 2.06 bits per heavy atom. The first-order valence-corrected chi connectivity index (χ1v) is 8.49. The van der Waals surface area contributed by atoms with E-state index >= 15 is 0 Å². The van der Waals surface area contributed by atoms with E-state index < -0.39 is 18.1 Å². The summed E-state index contributed by atoms with van der Waals surface area (Å²) in [5, 5.41) is 18.6. The smallest absolute Gasteiger partial charge is 0.326 e. The van der Waals surface area contributed by atoms with Crippen LogP contribution in [-0.2, 0) is 9.59 Å². The molecule has 2 unspecified atom stereocenters. The molecule has 2 N–H and O–H groups in total. The number of likely N-dealkylation sites (tertiary alicyclic amines) is 1. The maximum atomic E-state index is 12.0. The number of amides is 1. The lowest BCUT2D eigenvalue weighted by Gasteiger charge is -2.35. The third-order valence-corrected chi connectivity index (χ3v) is 5.24. The molecule has 1 saturated heterocycles. The Hall–Kier alpha value is -0.400. The largest absolute Gasteiger partial charge is 0.480 e. The van der Waals surface area contributed by atoms with Crippen molar-refractivity contribution >= 4 is 33.5 Å². The molecule has 0 aromatic rings. The van der Waals surface area contributed by atoms with E-state index in [2.05, 4.69) is 0 Å². The number of carbonyl (C=O) groups is 2. The lowest BCUT2D eigenvalue weighted by Crippen LogP contribution is -2.52. The van der Waals surface area contributed by atoms with Gasteiger partial charge in [-0.1, -0.05) is 28.5 Å². The van der Waals surface area contributed by atoms with Gasteiger partial charge in [0.25, 0.3) is 0 Å². The molecule has 1 heterocycles. The second kappa shape index (κ2) is 7.91. The highest BCUT2D eigenvalue weighted by Crippen LogP contribution is 2.23. The van der Waals surface area contributed by atoms with Crippen LogP contribution in [0.4, 0.5) is 0 Å². The first-order chi connectivity index (χ1) is 8.56. The summed E-state index contributed by atoms with van der Waals surface area (Å²) in [4.78, 5) is 24.3. The molecule has 18 heavy (non-hydrogen) atoms. The molecule has 1 amide bonds. The molecular weight excluding hydrogens is 274 g/mol. The zero-order valence-electron chi connectivity index (χ0n) is 10.4. The third kappa shape index (κ3) is 4.70. The summed E-state index contributed by atoms with van der Waals surface area (Å²) in [7, 11) is 3.30. The Bertz CT molecular complexity index is 301. The molecule has 0 aromatic carbocycles. The van der Waals surface area contributed by atoms with E-state index in [-0.39, 0.29) is 12.5 Å². The minimum absolute atomic E-state index is 0.140. The summed E-state index contributed by atoms with van der Waals surface area (Å²) in [6.45, 7) is 2.18. The number of β-amino-alcohol motifs (C(OH)–C–C–N with tert-alkyl or cyclic N) is 1. The highest BCUT2D eigenvalue weighted by Gasteiger charge is 2.34. The van der Waals surface area contributed by atoms with E-state index in [1.165, 1.54) is 4.90 Å². The summed E-state index contributed by atoms with van der Waals surface area (Å²) < 4.78 is 0. The Labute approximate surface area is 115 Å². The van der Waals surface area contributed by atoms with Gasteiger partial charge >= 0.3 is 5.97 Å². The predicted octanol–water partition coefficient (Wildman–Crippen LogP) is 1.21. The van der Waals surface area contributed by atoms with Crippen molar-refractivity contribution in [2.75, 3.05) is 18.1 Å². The van der Waals surface area contributed by atoms with Gasteiger partial charge in [0.1, 0.15) is 6.04 Å². The normalized spacial score (nSPS) is 24.0. The Morgan fingerprint density at radius 1 is 1.33 bits per heavy atom. The molecule has 1 fully saturated rings. The van der Waals surface area contributed by atoms with Gasteiger partial charge in [-0.25, -0.2) is 4.79 Å². The van der Waals surface area contributed by atoms with E-state index in [0.717, 1.165) is 5.75 Å². The maximum Gasteiger partial charge on any atom is 0.326 e. The van der Waals surface area contributed by atoms with Crippen LogP contribution in [0, 0.1) is 0 Å². The predicted molar refractivity (Wildman–Crippen MR) is 73.6 cm³/mol. The van der Waals surface area contributed by atoms with Crippen molar-refractivity contribution in [2.45, 2.75) is 38.3 Å². The van der Waals surface area contributed by atoms with Crippen molar-refractivity contribution in [3.63, 3.8) is 0 Å². The Kier molecular flexibility index (Phi) is 6.88. The standard InChI is InChI=1S/C11H19NO4S2/c1-2-17-18-6-5-10(14)12-7-8(13)3-4-9(12)11(15)16/h8-9,13H,2-7H2,1H3,(H,15,16). The van der Waals surface area contributed by atoms with E-state index in [1.807, 2.05) is 6.92 Å². The summed E-state index contributed by atoms with van der Waals surface area (Å²) in [6, 6.07) is -0.773. The van der Waals surface area contributed by atoms with Crippen LogP contribution < -0.4 is 0 Å². The SMILES string of the molecule is CCSSCCC(=O)N1CC(O)CCC1C(=O)O. The quantitative estimate of drug-likeness (QED) is 0.566. The van der Waals surface area contributed by atoms with E-state index in [0.29, 0.717) is 25.0 Å². The number of nitrogens with zero attached hydrogens (tertiary/aromatic N) is 1. The van der Waals surface area contributed by atoms with Crippen LogP contribution in [0.5, 0.6) is 0 Å². The minimum atomic E-state index is -0.981. The van der Waals surface area contributed by atoms with Crippen molar-refractivity contribution in [3.05, 3.63) is 0 Å². The second-order valence-electron chi connectivity index (χ2n) is 4.11. The van der Waals surface area contributed by atoms with Crippen LogP contribution >= 0.6 is 21.6 Å². The van der Waals surface area contributed by atoms with Gasteiger partial charge in [0.15, 0.2) is 0 Å². The van der Waals surface area contributed by atoms with Crippen molar-refractivity contribution in [2.24, 2.45) is 0 Å². The third-order valence-electron chi connectivity index (χ3n) is 2.76. The van der Waals surface area contributed by atoms with E-state index in [9.17, 15) is 14.7 Å². The summed E-state index contributed by atoms with van der Waals surface area (Å²) in [6.07, 6.45) is 0.510.